The van der Waals surface area contributed by atoms with E-state index in [4.69, 9.17) is 4.74 Å². The molecule has 1 aliphatic carbocycles. The smallest absolute Gasteiger partial charge is 0.267 e. The zero-order valence-corrected chi connectivity index (χ0v) is 13.0. The van der Waals surface area contributed by atoms with E-state index in [1.165, 1.54) is 38.5 Å². The van der Waals surface area contributed by atoms with Crippen LogP contribution in [0.5, 0.6) is 0 Å². The molecule has 0 heterocycles. The minimum Gasteiger partial charge on any atom is -0.378 e. The van der Waals surface area contributed by atoms with Gasteiger partial charge in [0, 0.05) is 18.0 Å². The lowest BCUT2D eigenvalue weighted by molar-refractivity contribution is -0.506. The van der Waals surface area contributed by atoms with Crippen molar-refractivity contribution >= 4 is 6.29 Å². The molecular formula is C16H29NO4. The average molecular weight is 299 g/mol. The Kier molecular flexibility index (Phi) is 10.0. The number of carbonyl (C=O) groups is 1. The summed E-state index contributed by atoms with van der Waals surface area (Å²) < 4.78 is 5.87. The number of unbranched alkanes of at least 4 members (excludes halogenated alkanes) is 5. The molecule has 122 valence electrons. The van der Waals surface area contributed by atoms with E-state index >= 15 is 0 Å². The highest BCUT2D eigenvalue weighted by molar-refractivity contribution is 5.55. The standard InChI is InChI=1S/C16H29NO4/c18-14-15(17(19)20)10-6-3-1-2-4-9-13-21-16-11-7-5-8-12-16/h14-16H,1-13H2. The third-order valence-electron chi connectivity index (χ3n) is 4.23. The van der Waals surface area contributed by atoms with E-state index in [0.29, 0.717) is 18.8 Å². The first-order chi connectivity index (χ1) is 10.2. The van der Waals surface area contributed by atoms with Crippen molar-refractivity contribution in [1.82, 2.24) is 0 Å². The molecule has 0 radical (unpaired) electrons. The van der Waals surface area contributed by atoms with Crippen molar-refractivity contribution in [3.63, 3.8) is 0 Å². The second-order valence-electron chi connectivity index (χ2n) is 6.03. The predicted octanol–water partition coefficient (Wildman–Crippen LogP) is 3.91. The highest BCUT2D eigenvalue weighted by Gasteiger charge is 2.17. The maximum absolute atomic E-state index is 10.5. The minimum atomic E-state index is -1.01. The number of hydrogen-bond acceptors (Lipinski definition) is 4. The average Bonchev–Trinajstić information content (AvgIpc) is 2.50. The lowest BCUT2D eigenvalue weighted by Gasteiger charge is -2.21. The summed E-state index contributed by atoms with van der Waals surface area (Å²) >= 11 is 0. The van der Waals surface area contributed by atoms with Crippen molar-refractivity contribution in [2.45, 2.75) is 89.2 Å². The summed E-state index contributed by atoms with van der Waals surface area (Å²) in [4.78, 5) is 20.4. The van der Waals surface area contributed by atoms with Gasteiger partial charge < -0.3 is 4.74 Å². The van der Waals surface area contributed by atoms with Crippen LogP contribution >= 0.6 is 0 Å². The summed E-state index contributed by atoms with van der Waals surface area (Å²) in [5, 5.41) is 10.5. The van der Waals surface area contributed by atoms with Crippen LogP contribution in [0.2, 0.25) is 0 Å². The van der Waals surface area contributed by atoms with Crippen molar-refractivity contribution < 1.29 is 14.5 Å². The molecule has 5 nitrogen and oxygen atoms in total. The molecule has 21 heavy (non-hydrogen) atoms. The zero-order chi connectivity index (χ0) is 15.3. The van der Waals surface area contributed by atoms with Crippen LogP contribution in [-0.4, -0.2) is 30.0 Å². The van der Waals surface area contributed by atoms with Gasteiger partial charge in [-0.25, -0.2) is 0 Å². The van der Waals surface area contributed by atoms with Gasteiger partial charge in [0.2, 0.25) is 0 Å². The fourth-order valence-electron chi connectivity index (χ4n) is 2.87. The molecule has 0 aliphatic heterocycles. The fraction of sp³-hybridized carbons (Fsp3) is 0.938. The molecule has 0 amide bonds. The summed E-state index contributed by atoms with van der Waals surface area (Å²) in [6.45, 7) is 0.874. The Morgan fingerprint density at radius 2 is 1.67 bits per heavy atom. The van der Waals surface area contributed by atoms with Gasteiger partial charge in [0.05, 0.1) is 6.10 Å². The lowest BCUT2D eigenvalue weighted by atomic mass is 9.98. The molecule has 0 aromatic rings. The molecule has 0 saturated heterocycles. The lowest BCUT2D eigenvalue weighted by Crippen LogP contribution is -2.20. The van der Waals surface area contributed by atoms with Gasteiger partial charge in [-0.05, 0) is 25.7 Å². The van der Waals surface area contributed by atoms with Gasteiger partial charge >= 0.3 is 0 Å². The van der Waals surface area contributed by atoms with E-state index in [-0.39, 0.29) is 0 Å². The van der Waals surface area contributed by atoms with Crippen molar-refractivity contribution in [2.24, 2.45) is 0 Å². The van der Waals surface area contributed by atoms with Gasteiger partial charge in [-0.3, -0.25) is 14.9 Å². The third kappa shape index (κ3) is 8.81. The van der Waals surface area contributed by atoms with Gasteiger partial charge in [0.15, 0.2) is 6.29 Å². The topological polar surface area (TPSA) is 69.4 Å². The summed E-state index contributed by atoms with van der Waals surface area (Å²) in [6, 6.07) is -1.01. The molecule has 0 bridgehead atoms. The number of nitrogens with zero attached hydrogens (tertiary/aromatic N) is 1. The third-order valence-corrected chi connectivity index (χ3v) is 4.23. The first-order valence-electron chi connectivity index (χ1n) is 8.44. The maximum atomic E-state index is 10.5. The van der Waals surface area contributed by atoms with Crippen LogP contribution in [-0.2, 0) is 9.53 Å². The molecule has 0 aromatic carbocycles. The van der Waals surface area contributed by atoms with Crippen molar-refractivity contribution in [3.8, 4) is 0 Å². The SMILES string of the molecule is O=CC(CCCCCCCCOC1CCCCC1)[N+](=O)[O-]. The van der Waals surface area contributed by atoms with E-state index < -0.39 is 11.0 Å². The van der Waals surface area contributed by atoms with Crippen molar-refractivity contribution in [3.05, 3.63) is 10.1 Å². The Hall–Kier alpha value is -0.970. The number of nitro groups is 1. The molecule has 1 rings (SSSR count). The normalized spacial score (nSPS) is 17.5. The van der Waals surface area contributed by atoms with Gasteiger partial charge in [-0.1, -0.05) is 44.9 Å². The maximum Gasteiger partial charge on any atom is 0.267 e. The van der Waals surface area contributed by atoms with Gasteiger partial charge in [0.1, 0.15) is 0 Å². The minimum absolute atomic E-state index is 0.376. The largest absolute Gasteiger partial charge is 0.378 e. The molecule has 0 spiro atoms. The monoisotopic (exact) mass is 299 g/mol. The summed E-state index contributed by atoms with van der Waals surface area (Å²) in [7, 11) is 0. The number of hydrogen-bond donors (Lipinski definition) is 0. The second kappa shape index (κ2) is 11.7. The number of aldehydes is 1. The van der Waals surface area contributed by atoms with Crippen molar-refractivity contribution in [2.75, 3.05) is 6.61 Å². The molecule has 1 saturated carbocycles. The number of ether oxygens (including phenoxy) is 1. The number of carbonyl (C=O) groups excluding carboxylic acids is 1. The van der Waals surface area contributed by atoms with Crippen LogP contribution in [0.15, 0.2) is 0 Å². The highest BCUT2D eigenvalue weighted by Crippen LogP contribution is 2.20. The van der Waals surface area contributed by atoms with Gasteiger partial charge in [-0.2, -0.15) is 0 Å². The zero-order valence-electron chi connectivity index (χ0n) is 13.0. The summed E-state index contributed by atoms with van der Waals surface area (Å²) in [6.07, 6.45) is 14.0. The highest BCUT2D eigenvalue weighted by atomic mass is 16.6. The van der Waals surface area contributed by atoms with Crippen LogP contribution in [0.3, 0.4) is 0 Å². The molecule has 1 atom stereocenters. The fourth-order valence-corrected chi connectivity index (χ4v) is 2.87. The Balaban J connectivity index is 1.84. The van der Waals surface area contributed by atoms with Gasteiger partial charge in [-0.15, -0.1) is 0 Å². The van der Waals surface area contributed by atoms with E-state index in [0.717, 1.165) is 38.7 Å². The molecule has 5 heteroatoms. The van der Waals surface area contributed by atoms with E-state index in [2.05, 4.69) is 0 Å². The predicted molar refractivity (Wildman–Crippen MR) is 82.0 cm³/mol. The molecule has 1 aliphatic rings. The summed E-state index contributed by atoms with van der Waals surface area (Å²) in [5.41, 5.74) is 0. The second-order valence-corrected chi connectivity index (χ2v) is 6.03. The molecule has 0 aromatic heterocycles. The Labute approximate surface area is 127 Å². The van der Waals surface area contributed by atoms with Crippen molar-refractivity contribution in [1.29, 1.82) is 0 Å². The first-order valence-corrected chi connectivity index (χ1v) is 8.44. The molecular weight excluding hydrogens is 270 g/mol. The van der Waals surface area contributed by atoms with E-state index in [1.54, 1.807) is 0 Å². The first kappa shape index (κ1) is 18.1. The molecule has 1 unspecified atom stereocenters. The Morgan fingerprint density at radius 3 is 2.29 bits per heavy atom. The summed E-state index contributed by atoms with van der Waals surface area (Å²) in [5.74, 6) is 0. The Morgan fingerprint density at radius 1 is 1.05 bits per heavy atom. The van der Waals surface area contributed by atoms with Crippen LogP contribution in [0.4, 0.5) is 0 Å². The van der Waals surface area contributed by atoms with Crippen LogP contribution < -0.4 is 0 Å². The van der Waals surface area contributed by atoms with Gasteiger partial charge in [0.25, 0.3) is 6.04 Å². The molecule has 0 N–H and O–H groups in total. The van der Waals surface area contributed by atoms with Crippen LogP contribution in [0.25, 0.3) is 0 Å². The quantitative estimate of drug-likeness (QED) is 0.237. The Bertz CT molecular complexity index is 290. The number of rotatable bonds is 12. The van der Waals surface area contributed by atoms with Crippen LogP contribution in [0, 0.1) is 10.1 Å². The van der Waals surface area contributed by atoms with E-state index in [1.807, 2.05) is 0 Å². The molecule has 1 fully saturated rings. The van der Waals surface area contributed by atoms with Crippen LogP contribution in [0.1, 0.15) is 77.0 Å². The van der Waals surface area contributed by atoms with E-state index in [9.17, 15) is 14.9 Å².